The molecule has 0 saturated carbocycles. The van der Waals surface area contributed by atoms with Crippen molar-refractivity contribution in [2.75, 3.05) is 26.2 Å². The summed E-state index contributed by atoms with van der Waals surface area (Å²) in [5, 5.41) is 13.5. The minimum atomic E-state index is -0.549. The van der Waals surface area contributed by atoms with E-state index in [1.807, 2.05) is 0 Å². The average Bonchev–Trinajstić information content (AvgIpc) is 2.43. The van der Waals surface area contributed by atoms with Crippen molar-refractivity contribution in [3.8, 4) is 5.75 Å². The molecule has 0 unspecified atom stereocenters. The Bertz CT molecular complexity index is 471. The second-order valence-corrected chi connectivity index (χ2v) is 6.58. The van der Waals surface area contributed by atoms with Gasteiger partial charge in [-0.1, -0.05) is 29.8 Å². The molecule has 3 nitrogen and oxygen atoms in total. The quantitative estimate of drug-likeness (QED) is 0.772. The maximum absolute atomic E-state index is 13.7. The molecule has 0 aliphatic carbocycles. The number of nitrogens with zero attached hydrogens (tertiary/aromatic N) is 1. The average molecular weight is 418 g/mol. The van der Waals surface area contributed by atoms with Crippen molar-refractivity contribution in [3.05, 3.63) is 28.0 Å². The van der Waals surface area contributed by atoms with Gasteiger partial charge in [-0.05, 0) is 24.5 Å². The number of aromatic hydroxyl groups is 1. The molecular weight excluding hydrogens is 394 g/mol. The summed E-state index contributed by atoms with van der Waals surface area (Å²) in [6.45, 7) is 8.00. The summed E-state index contributed by atoms with van der Waals surface area (Å²) in [5.41, 5.74) is 0.681. The van der Waals surface area contributed by atoms with Crippen molar-refractivity contribution in [2.24, 2.45) is 5.92 Å². The highest BCUT2D eigenvalue weighted by Crippen LogP contribution is 2.39. The molecule has 0 bridgehead atoms. The molecule has 0 amide bonds. The number of nitrogens with one attached hydrogen (secondary N) is 1. The van der Waals surface area contributed by atoms with Gasteiger partial charge in [0.05, 0.1) is 0 Å². The van der Waals surface area contributed by atoms with Gasteiger partial charge in [-0.15, -0.1) is 24.8 Å². The second-order valence-electron chi connectivity index (χ2n) is 5.72. The standard InChI is InChI=1S/C15H22BrFN2O.2ClH/c1-10(2)9-13(19-7-5-18-6-8-19)14-11(16)3-4-12(17)15(14)20;;/h3-4,10,13,18,20H,5-9H2,1-2H3;2*1H/t13-;;/m1../s1. The predicted molar refractivity (Wildman–Crippen MR) is 96.9 cm³/mol. The van der Waals surface area contributed by atoms with Crippen LogP contribution in [0.15, 0.2) is 16.6 Å². The number of halogens is 4. The lowest BCUT2D eigenvalue weighted by Gasteiger charge is -2.36. The maximum Gasteiger partial charge on any atom is 0.165 e. The molecular formula is C15H24BrCl2FN2O. The van der Waals surface area contributed by atoms with E-state index in [1.54, 1.807) is 6.07 Å². The van der Waals surface area contributed by atoms with Crippen LogP contribution >= 0.6 is 40.7 Å². The zero-order chi connectivity index (χ0) is 14.7. The van der Waals surface area contributed by atoms with Gasteiger partial charge >= 0.3 is 0 Å². The number of phenols is 1. The molecule has 1 atom stereocenters. The van der Waals surface area contributed by atoms with Gasteiger partial charge in [0.15, 0.2) is 11.6 Å². The Hall–Kier alpha value is -0.0700. The zero-order valence-electron chi connectivity index (χ0n) is 12.8. The van der Waals surface area contributed by atoms with E-state index in [1.165, 1.54) is 6.07 Å². The van der Waals surface area contributed by atoms with Gasteiger partial charge < -0.3 is 10.4 Å². The fraction of sp³-hybridized carbons (Fsp3) is 0.600. The topological polar surface area (TPSA) is 35.5 Å². The largest absolute Gasteiger partial charge is 0.505 e. The van der Waals surface area contributed by atoms with Crippen LogP contribution in [0.1, 0.15) is 31.9 Å². The van der Waals surface area contributed by atoms with Crippen LogP contribution in [0.25, 0.3) is 0 Å². The molecule has 1 aliphatic heterocycles. The van der Waals surface area contributed by atoms with Crippen molar-refractivity contribution >= 4 is 40.7 Å². The molecule has 22 heavy (non-hydrogen) atoms. The number of hydrogen-bond acceptors (Lipinski definition) is 3. The summed E-state index contributed by atoms with van der Waals surface area (Å²) in [5.74, 6) is -0.292. The van der Waals surface area contributed by atoms with Gasteiger partial charge in [0.2, 0.25) is 0 Å². The Balaban J connectivity index is 0.00000220. The van der Waals surface area contributed by atoms with Crippen LogP contribution in [0, 0.1) is 11.7 Å². The van der Waals surface area contributed by atoms with E-state index in [0.717, 1.165) is 37.1 Å². The first-order chi connectivity index (χ1) is 9.50. The van der Waals surface area contributed by atoms with Crippen LogP contribution in [0.4, 0.5) is 4.39 Å². The Morgan fingerprint density at radius 3 is 2.41 bits per heavy atom. The molecule has 1 heterocycles. The summed E-state index contributed by atoms with van der Waals surface area (Å²) < 4.78 is 14.5. The molecule has 2 rings (SSSR count). The van der Waals surface area contributed by atoms with Gasteiger partial charge in [0.1, 0.15) is 0 Å². The van der Waals surface area contributed by atoms with Gasteiger partial charge in [0.25, 0.3) is 0 Å². The highest BCUT2D eigenvalue weighted by molar-refractivity contribution is 9.10. The number of rotatable bonds is 4. The van der Waals surface area contributed by atoms with Crippen LogP contribution < -0.4 is 5.32 Å². The third-order valence-electron chi connectivity index (χ3n) is 3.73. The fourth-order valence-corrected chi connectivity index (χ4v) is 3.35. The van der Waals surface area contributed by atoms with E-state index in [2.05, 4.69) is 40.0 Å². The van der Waals surface area contributed by atoms with Gasteiger partial charge in [-0.25, -0.2) is 4.39 Å². The van der Waals surface area contributed by atoms with Crippen LogP contribution in [0.3, 0.4) is 0 Å². The highest BCUT2D eigenvalue weighted by atomic mass is 79.9. The lowest BCUT2D eigenvalue weighted by Crippen LogP contribution is -2.45. The molecule has 0 aromatic heterocycles. The predicted octanol–water partition coefficient (Wildman–Crippen LogP) is 4.13. The minimum absolute atomic E-state index is 0. The van der Waals surface area contributed by atoms with Crippen molar-refractivity contribution < 1.29 is 9.50 Å². The SMILES string of the molecule is CC(C)C[C@H](c1c(Br)ccc(F)c1O)N1CCNCC1.Cl.Cl. The maximum atomic E-state index is 13.7. The first kappa shape index (κ1) is 21.9. The summed E-state index contributed by atoms with van der Waals surface area (Å²) in [7, 11) is 0. The van der Waals surface area contributed by atoms with Crippen LogP contribution in [0.5, 0.6) is 5.75 Å². The van der Waals surface area contributed by atoms with Crippen molar-refractivity contribution in [3.63, 3.8) is 0 Å². The van der Waals surface area contributed by atoms with Crippen LogP contribution in [0.2, 0.25) is 0 Å². The molecule has 7 heteroatoms. The Kier molecular flexibility index (Phi) is 9.90. The van der Waals surface area contributed by atoms with E-state index in [0.29, 0.717) is 11.5 Å². The second kappa shape index (κ2) is 9.93. The normalized spacial score (nSPS) is 16.8. The third kappa shape index (κ3) is 5.24. The summed E-state index contributed by atoms with van der Waals surface area (Å²) in [4.78, 5) is 2.33. The molecule has 128 valence electrons. The first-order valence-corrected chi connectivity index (χ1v) is 7.91. The van der Waals surface area contributed by atoms with Crippen molar-refractivity contribution in [1.82, 2.24) is 10.2 Å². The van der Waals surface area contributed by atoms with Crippen LogP contribution in [-0.4, -0.2) is 36.2 Å². The molecule has 1 fully saturated rings. The summed E-state index contributed by atoms with van der Waals surface area (Å²) in [6, 6.07) is 3.02. The molecule has 0 spiro atoms. The smallest absolute Gasteiger partial charge is 0.165 e. The molecule has 2 N–H and O–H groups in total. The zero-order valence-corrected chi connectivity index (χ0v) is 16.0. The van der Waals surface area contributed by atoms with Crippen molar-refractivity contribution in [1.29, 1.82) is 0 Å². The number of piperazine rings is 1. The van der Waals surface area contributed by atoms with Gasteiger partial charge in [-0.3, -0.25) is 4.90 Å². The van der Waals surface area contributed by atoms with Gasteiger partial charge in [-0.2, -0.15) is 0 Å². The molecule has 1 saturated heterocycles. The van der Waals surface area contributed by atoms with E-state index in [-0.39, 0.29) is 36.6 Å². The van der Waals surface area contributed by atoms with E-state index < -0.39 is 5.82 Å². The van der Waals surface area contributed by atoms with Gasteiger partial charge in [0, 0.05) is 42.3 Å². The number of phenolic OH excluding ortho intramolecular Hbond substituents is 1. The van der Waals surface area contributed by atoms with E-state index in [9.17, 15) is 9.50 Å². The summed E-state index contributed by atoms with van der Waals surface area (Å²) >= 11 is 3.47. The summed E-state index contributed by atoms with van der Waals surface area (Å²) in [6.07, 6.45) is 0.898. The lowest BCUT2D eigenvalue weighted by molar-refractivity contribution is 0.150. The first-order valence-electron chi connectivity index (χ1n) is 7.12. The van der Waals surface area contributed by atoms with E-state index in [4.69, 9.17) is 0 Å². The molecule has 1 aromatic rings. The monoisotopic (exact) mass is 416 g/mol. The fourth-order valence-electron chi connectivity index (χ4n) is 2.76. The highest BCUT2D eigenvalue weighted by Gasteiger charge is 2.28. The van der Waals surface area contributed by atoms with Crippen molar-refractivity contribution in [2.45, 2.75) is 26.3 Å². The molecule has 1 aliphatic rings. The molecule has 0 radical (unpaired) electrons. The molecule has 1 aromatic carbocycles. The Morgan fingerprint density at radius 1 is 1.27 bits per heavy atom. The third-order valence-corrected chi connectivity index (χ3v) is 4.43. The Labute approximate surface area is 152 Å². The number of benzene rings is 1. The Morgan fingerprint density at radius 2 is 1.86 bits per heavy atom. The minimum Gasteiger partial charge on any atom is -0.505 e. The van der Waals surface area contributed by atoms with Crippen LogP contribution in [-0.2, 0) is 0 Å². The lowest BCUT2D eigenvalue weighted by atomic mass is 9.94. The number of hydrogen-bond donors (Lipinski definition) is 2. The van der Waals surface area contributed by atoms with E-state index >= 15 is 0 Å².